The Hall–Kier alpha value is -2.80. The average Bonchev–Trinajstić information content (AvgIpc) is 3.22. The first kappa shape index (κ1) is 20.1. The van der Waals surface area contributed by atoms with Crippen LogP contribution < -0.4 is 15.1 Å². The number of benzene rings is 1. The summed E-state index contributed by atoms with van der Waals surface area (Å²) in [4.78, 5) is 26.5. The number of hydrogen-bond donors (Lipinski definition) is 1. The average molecular weight is 424 g/mol. The molecule has 4 heterocycles. The summed E-state index contributed by atoms with van der Waals surface area (Å²) >= 11 is 0. The molecule has 1 aromatic heterocycles. The molecule has 164 valence electrons. The molecule has 31 heavy (non-hydrogen) atoms. The lowest BCUT2D eigenvalue weighted by Gasteiger charge is -2.40. The van der Waals surface area contributed by atoms with E-state index in [1.54, 1.807) is 0 Å². The molecule has 7 heteroatoms. The Morgan fingerprint density at radius 1 is 1.19 bits per heavy atom. The summed E-state index contributed by atoms with van der Waals surface area (Å²) < 4.78 is 13.8. The summed E-state index contributed by atoms with van der Waals surface area (Å²) in [6, 6.07) is 3.64. The minimum absolute atomic E-state index is 0.0302. The van der Waals surface area contributed by atoms with Gasteiger partial charge in [0.05, 0.1) is 24.6 Å². The Kier molecular flexibility index (Phi) is 4.62. The highest BCUT2D eigenvalue weighted by atomic mass is 16.5. The summed E-state index contributed by atoms with van der Waals surface area (Å²) in [5, 5.41) is 9.54. The van der Waals surface area contributed by atoms with Crippen LogP contribution in [-0.2, 0) is 17.6 Å². The molecule has 0 amide bonds. The van der Waals surface area contributed by atoms with E-state index in [1.165, 1.54) is 23.4 Å². The number of nitrogens with zero attached hydrogens (tertiary/aromatic N) is 2. The highest BCUT2D eigenvalue weighted by Gasteiger charge is 2.37. The summed E-state index contributed by atoms with van der Waals surface area (Å²) in [7, 11) is 0. The monoisotopic (exact) mass is 424 g/mol. The zero-order chi connectivity index (χ0) is 21.9. The van der Waals surface area contributed by atoms with Crippen molar-refractivity contribution < 1.29 is 19.4 Å². The van der Waals surface area contributed by atoms with Crippen LogP contribution in [0.2, 0.25) is 0 Å². The summed E-state index contributed by atoms with van der Waals surface area (Å²) in [5.74, 6) is -0.248. The van der Waals surface area contributed by atoms with Crippen molar-refractivity contribution in [3.05, 3.63) is 45.2 Å². The Morgan fingerprint density at radius 2 is 2.00 bits per heavy atom. The third kappa shape index (κ3) is 3.22. The minimum atomic E-state index is -1.19. The van der Waals surface area contributed by atoms with E-state index < -0.39 is 11.4 Å². The molecule has 1 saturated heterocycles. The molecule has 1 N–H and O–H groups in total. The lowest BCUT2D eigenvalue weighted by molar-refractivity contribution is 0.0693. The first-order valence-corrected chi connectivity index (χ1v) is 10.9. The molecule has 1 atom stereocenters. The maximum Gasteiger partial charge on any atom is 0.341 e. The molecule has 1 aromatic carbocycles. The van der Waals surface area contributed by atoms with Crippen molar-refractivity contribution in [1.82, 2.24) is 4.57 Å². The normalized spacial score (nSPS) is 20.0. The van der Waals surface area contributed by atoms with E-state index in [1.807, 2.05) is 4.57 Å². The number of ether oxygens (including phenoxy) is 2. The van der Waals surface area contributed by atoms with Gasteiger partial charge >= 0.3 is 5.97 Å². The number of carbonyl (C=O) groups is 1. The summed E-state index contributed by atoms with van der Waals surface area (Å²) in [5.41, 5.74) is 4.45. The fourth-order valence-corrected chi connectivity index (χ4v) is 5.11. The van der Waals surface area contributed by atoms with Crippen molar-refractivity contribution in [2.45, 2.75) is 46.1 Å². The van der Waals surface area contributed by atoms with Gasteiger partial charge in [-0.2, -0.15) is 0 Å². The van der Waals surface area contributed by atoms with E-state index in [0.717, 1.165) is 55.1 Å². The van der Waals surface area contributed by atoms with E-state index >= 15 is 0 Å². The van der Waals surface area contributed by atoms with Crippen LogP contribution >= 0.6 is 0 Å². The van der Waals surface area contributed by atoms with Crippen LogP contribution in [0.3, 0.4) is 0 Å². The largest absolute Gasteiger partial charge is 0.491 e. The molecular formula is C24H28N2O5. The molecule has 1 fully saturated rings. The molecular weight excluding hydrogens is 396 g/mol. The number of aromatic carboxylic acids is 1. The topological polar surface area (TPSA) is 81.0 Å². The molecule has 0 spiro atoms. The molecule has 0 aliphatic carbocycles. The molecule has 0 saturated carbocycles. The van der Waals surface area contributed by atoms with Gasteiger partial charge in [-0.15, -0.1) is 0 Å². The number of carboxylic acids is 1. The fraction of sp³-hybridized carbons (Fsp3) is 0.500. The van der Waals surface area contributed by atoms with Gasteiger partial charge in [-0.1, -0.05) is 20.8 Å². The number of fused-ring (bicyclic) bond motifs is 5. The molecule has 3 aliphatic rings. The number of rotatable bonds is 2. The van der Waals surface area contributed by atoms with Crippen molar-refractivity contribution >= 4 is 11.7 Å². The van der Waals surface area contributed by atoms with Gasteiger partial charge in [-0.25, -0.2) is 4.79 Å². The second-order valence-electron chi connectivity index (χ2n) is 9.72. The fourth-order valence-electron chi connectivity index (χ4n) is 5.11. The van der Waals surface area contributed by atoms with Crippen molar-refractivity contribution in [2.75, 3.05) is 31.4 Å². The smallest absolute Gasteiger partial charge is 0.341 e. The van der Waals surface area contributed by atoms with Crippen molar-refractivity contribution in [1.29, 1.82) is 0 Å². The third-order valence-electron chi connectivity index (χ3n) is 6.70. The number of carboxylic acid groups (broad SMARTS) is 1. The van der Waals surface area contributed by atoms with E-state index in [4.69, 9.17) is 9.47 Å². The van der Waals surface area contributed by atoms with Crippen molar-refractivity contribution in [3.63, 3.8) is 0 Å². The zero-order valence-corrected chi connectivity index (χ0v) is 18.2. The first-order valence-electron chi connectivity index (χ1n) is 10.9. The van der Waals surface area contributed by atoms with Gasteiger partial charge in [0.25, 0.3) is 0 Å². The van der Waals surface area contributed by atoms with Crippen LogP contribution in [0.1, 0.15) is 54.7 Å². The second kappa shape index (κ2) is 7.12. The van der Waals surface area contributed by atoms with Gasteiger partial charge in [0.15, 0.2) is 5.43 Å². The van der Waals surface area contributed by atoms with Gasteiger partial charge in [0, 0.05) is 42.4 Å². The molecule has 2 aromatic rings. The number of aromatic nitrogens is 1. The van der Waals surface area contributed by atoms with E-state index in [2.05, 4.69) is 31.7 Å². The molecule has 0 radical (unpaired) electrons. The van der Waals surface area contributed by atoms with Crippen LogP contribution in [0.15, 0.2) is 23.1 Å². The predicted octanol–water partition coefficient (Wildman–Crippen LogP) is 3.48. The quantitative estimate of drug-likeness (QED) is 0.795. The van der Waals surface area contributed by atoms with Crippen LogP contribution in [0, 0.1) is 5.41 Å². The SMILES string of the molecule is CC(C)(C)C1Cc2c(cc(N3CCCOC3)c3c2CCO3)-c2cc(=O)c(C(=O)O)cn21. The van der Waals surface area contributed by atoms with Crippen molar-refractivity contribution in [2.24, 2.45) is 5.41 Å². The Balaban J connectivity index is 1.77. The lowest BCUT2D eigenvalue weighted by Crippen LogP contribution is -2.35. The van der Waals surface area contributed by atoms with Crippen LogP contribution in [-0.4, -0.2) is 42.1 Å². The molecule has 3 aliphatic heterocycles. The number of anilines is 1. The first-order chi connectivity index (χ1) is 14.8. The van der Waals surface area contributed by atoms with E-state index in [9.17, 15) is 14.7 Å². The lowest BCUT2D eigenvalue weighted by atomic mass is 9.77. The standard InChI is InChI=1S/C24H28N2O5/c1-24(2,3)21-10-15-14-5-8-31-22(14)19(25-6-4-7-30-13-25)9-16(15)18-11-20(27)17(23(28)29)12-26(18)21/h9,11-12,21H,4-8,10,13H2,1-3H3,(H,28,29). The highest BCUT2D eigenvalue weighted by Crippen LogP contribution is 2.49. The Bertz CT molecular complexity index is 1120. The van der Waals surface area contributed by atoms with E-state index in [0.29, 0.717) is 13.3 Å². The Morgan fingerprint density at radius 3 is 2.68 bits per heavy atom. The second-order valence-corrected chi connectivity index (χ2v) is 9.72. The highest BCUT2D eigenvalue weighted by molar-refractivity contribution is 5.88. The zero-order valence-electron chi connectivity index (χ0n) is 18.2. The van der Waals surface area contributed by atoms with Gasteiger partial charge in [0.2, 0.25) is 0 Å². The number of pyridine rings is 1. The molecule has 0 bridgehead atoms. The predicted molar refractivity (Wildman–Crippen MR) is 117 cm³/mol. The number of hydrogen-bond acceptors (Lipinski definition) is 5. The van der Waals surface area contributed by atoms with Gasteiger partial charge in [-0.05, 0) is 29.9 Å². The van der Waals surface area contributed by atoms with E-state index in [-0.39, 0.29) is 17.0 Å². The molecule has 7 nitrogen and oxygen atoms in total. The van der Waals surface area contributed by atoms with Crippen LogP contribution in [0.4, 0.5) is 5.69 Å². The molecule has 5 rings (SSSR count). The molecule has 1 unspecified atom stereocenters. The van der Waals surface area contributed by atoms with Crippen LogP contribution in [0.5, 0.6) is 5.75 Å². The summed E-state index contributed by atoms with van der Waals surface area (Å²) in [6.07, 6.45) is 4.10. The minimum Gasteiger partial charge on any atom is -0.491 e. The van der Waals surface area contributed by atoms with Gasteiger partial charge in [-0.3, -0.25) is 4.79 Å². The van der Waals surface area contributed by atoms with Crippen LogP contribution in [0.25, 0.3) is 11.3 Å². The van der Waals surface area contributed by atoms with Crippen molar-refractivity contribution in [3.8, 4) is 17.0 Å². The van der Waals surface area contributed by atoms with Gasteiger partial charge < -0.3 is 24.0 Å². The third-order valence-corrected chi connectivity index (χ3v) is 6.70. The maximum atomic E-state index is 12.7. The Labute approximate surface area is 181 Å². The van der Waals surface area contributed by atoms with Gasteiger partial charge in [0.1, 0.15) is 18.0 Å². The summed E-state index contributed by atoms with van der Waals surface area (Å²) in [6.45, 7) is 9.28. The maximum absolute atomic E-state index is 12.7.